The zero-order chi connectivity index (χ0) is 34.9. The number of fused-ring (bicyclic) bond motifs is 5. The lowest BCUT2D eigenvalue weighted by Crippen LogP contribution is -2.35. The highest BCUT2D eigenvalue weighted by Gasteiger charge is 2.44. The Bertz CT molecular complexity index is 2170. The van der Waals surface area contributed by atoms with E-state index < -0.39 is 49.4 Å². The molecule has 0 saturated carbocycles. The summed E-state index contributed by atoms with van der Waals surface area (Å²) < 4.78 is 52.8. The second-order valence-electron chi connectivity index (χ2n) is 12.4. The van der Waals surface area contributed by atoms with Crippen LogP contribution in [-0.2, 0) is 20.2 Å². The Labute approximate surface area is 277 Å². The quantitative estimate of drug-likeness (QED) is 0.167. The Morgan fingerprint density at radius 1 is 1.14 bits per heavy atom. The van der Waals surface area contributed by atoms with Gasteiger partial charge in [0.25, 0.3) is 5.56 Å². The number of likely N-dealkylation sites (N-methyl/N-ethyl adjacent to an activating group) is 1. The molecule has 49 heavy (non-hydrogen) atoms. The molecule has 0 spiro atoms. The zero-order valence-corrected chi connectivity index (χ0v) is 27.1. The Morgan fingerprint density at radius 2 is 1.90 bits per heavy atom. The maximum absolute atomic E-state index is 16.1. The van der Waals surface area contributed by atoms with Gasteiger partial charge in [-0.05, 0) is 43.1 Å². The molecule has 0 radical (unpaired) electrons. The standard InChI is InChI=1S/C32H30F2N5O9P/c1-36-12-17-7-8-38(25(17)14-36)29-21(16-3-4-18-5-6-19(31(41)42)30(40)39(18)13-16)11-35-23-9-20-24(10-22(33)28(34)26(20)27(23)29)37(2)32(43)47-15-48-49(44,45)46/h3-6,10-11,13,17,25H,7-9,12,14-15H2,1-2H3,(H,41,42)(H2,44,45,46)/t17-,25+/m0/s1. The summed E-state index contributed by atoms with van der Waals surface area (Å²) >= 11 is 0. The minimum atomic E-state index is -4.94. The first-order valence-electron chi connectivity index (χ1n) is 15.2. The van der Waals surface area contributed by atoms with Crippen LogP contribution in [0.1, 0.15) is 28.0 Å². The third-order valence-electron chi connectivity index (χ3n) is 9.48. The largest absolute Gasteiger partial charge is 0.477 e. The second-order valence-corrected chi connectivity index (χ2v) is 13.6. The normalized spacial score (nSPS) is 18.4. The summed E-state index contributed by atoms with van der Waals surface area (Å²) in [5, 5.41) is 9.56. The SMILES string of the molecule is CN1C[C@@H]2CCN(c3c(-c4ccc5ccc(C(=O)O)c(=O)n5c4)cnc4c3-c3c(F)c(F)cc(N(C)C(=O)OCOP(=O)(O)O)c3C4)[C@@H]2C1. The molecule has 3 aliphatic rings. The van der Waals surface area contributed by atoms with Gasteiger partial charge < -0.3 is 29.4 Å². The van der Waals surface area contributed by atoms with E-state index >= 15 is 8.78 Å². The summed E-state index contributed by atoms with van der Waals surface area (Å²) in [6.07, 6.45) is 2.84. The molecule has 0 unspecified atom stereocenters. The maximum atomic E-state index is 16.1. The van der Waals surface area contributed by atoms with Gasteiger partial charge in [-0.2, -0.15) is 0 Å². The Hall–Kier alpha value is -4.73. The number of rotatable bonds is 7. The van der Waals surface area contributed by atoms with Crippen molar-refractivity contribution in [3.63, 3.8) is 0 Å². The van der Waals surface area contributed by atoms with E-state index in [0.29, 0.717) is 46.1 Å². The summed E-state index contributed by atoms with van der Waals surface area (Å²) in [4.78, 5) is 65.5. The van der Waals surface area contributed by atoms with Crippen LogP contribution in [0.5, 0.6) is 0 Å². The van der Waals surface area contributed by atoms with Gasteiger partial charge in [0.05, 0.1) is 17.1 Å². The number of anilines is 2. The number of phosphoric ester groups is 1. The number of carboxylic acids is 1. The first-order valence-corrected chi connectivity index (χ1v) is 16.7. The fourth-order valence-electron chi connectivity index (χ4n) is 7.31. The fraction of sp³-hybridized carbons (Fsp3) is 0.312. The first kappa shape index (κ1) is 32.8. The van der Waals surface area contributed by atoms with Crippen molar-refractivity contribution in [3.05, 3.63) is 81.5 Å². The molecule has 5 heterocycles. The lowest BCUT2D eigenvalue weighted by molar-refractivity contribution is 0.0439. The molecule has 1 aromatic carbocycles. The van der Waals surface area contributed by atoms with Gasteiger partial charge in [0.15, 0.2) is 11.6 Å². The highest BCUT2D eigenvalue weighted by molar-refractivity contribution is 7.46. The number of benzene rings is 1. The number of phosphoric acid groups is 1. The van der Waals surface area contributed by atoms with Crippen molar-refractivity contribution in [3.8, 4) is 22.3 Å². The number of hydrogen-bond acceptors (Lipinski definition) is 9. The summed E-state index contributed by atoms with van der Waals surface area (Å²) in [5.74, 6) is -3.46. The molecule has 7 rings (SSSR count). The molecule has 2 saturated heterocycles. The van der Waals surface area contributed by atoms with Gasteiger partial charge >= 0.3 is 19.9 Å². The van der Waals surface area contributed by atoms with Crippen molar-refractivity contribution < 1.29 is 47.1 Å². The van der Waals surface area contributed by atoms with Crippen LogP contribution in [0.3, 0.4) is 0 Å². The number of ether oxygens (including phenoxy) is 1. The van der Waals surface area contributed by atoms with Crippen molar-refractivity contribution in [2.75, 3.05) is 50.3 Å². The Morgan fingerprint density at radius 3 is 2.63 bits per heavy atom. The number of amides is 1. The molecule has 2 atom stereocenters. The predicted octanol–water partition coefficient (Wildman–Crippen LogP) is 3.69. The number of nitrogens with zero attached hydrogens (tertiary/aromatic N) is 5. The van der Waals surface area contributed by atoms with E-state index in [1.54, 1.807) is 18.3 Å². The predicted molar refractivity (Wildman–Crippen MR) is 172 cm³/mol. The van der Waals surface area contributed by atoms with Gasteiger partial charge in [0, 0.05) is 85.4 Å². The van der Waals surface area contributed by atoms with Crippen LogP contribution in [0, 0.1) is 17.6 Å². The summed E-state index contributed by atoms with van der Waals surface area (Å²) in [7, 11) is -1.68. The van der Waals surface area contributed by atoms with E-state index in [2.05, 4.69) is 19.3 Å². The smallest absolute Gasteiger partial charge is 0.472 e. The molecule has 0 bridgehead atoms. The third-order valence-corrected chi connectivity index (χ3v) is 9.92. The van der Waals surface area contributed by atoms with Gasteiger partial charge in [0.1, 0.15) is 5.56 Å². The van der Waals surface area contributed by atoms with Crippen LogP contribution >= 0.6 is 7.82 Å². The lowest BCUT2D eigenvalue weighted by atomic mass is 9.96. The molecule has 2 fully saturated rings. The fourth-order valence-corrected chi connectivity index (χ4v) is 7.50. The van der Waals surface area contributed by atoms with Crippen molar-refractivity contribution in [2.45, 2.75) is 18.9 Å². The topological polar surface area (TPSA) is 174 Å². The molecule has 1 aliphatic carbocycles. The number of pyridine rings is 3. The van der Waals surface area contributed by atoms with Crippen molar-refractivity contribution in [1.82, 2.24) is 14.3 Å². The second kappa shape index (κ2) is 12.0. The van der Waals surface area contributed by atoms with Crippen LogP contribution in [-0.4, -0.2) is 87.8 Å². The van der Waals surface area contributed by atoms with Crippen LogP contribution in [0.15, 0.2) is 47.5 Å². The molecular weight excluding hydrogens is 667 g/mol. The first-order chi connectivity index (χ1) is 23.2. The van der Waals surface area contributed by atoms with E-state index in [1.807, 2.05) is 7.05 Å². The highest BCUT2D eigenvalue weighted by Crippen LogP contribution is 2.52. The molecular formula is C32H30F2N5O9P. The van der Waals surface area contributed by atoms with E-state index in [4.69, 9.17) is 14.5 Å². The average Bonchev–Trinajstić information content (AvgIpc) is 3.73. The Balaban J connectivity index is 1.41. The van der Waals surface area contributed by atoms with Crippen LogP contribution in [0.25, 0.3) is 27.8 Å². The highest BCUT2D eigenvalue weighted by atomic mass is 31.2. The minimum Gasteiger partial charge on any atom is -0.477 e. The van der Waals surface area contributed by atoms with Crippen molar-refractivity contribution in [1.29, 1.82) is 0 Å². The summed E-state index contributed by atoms with van der Waals surface area (Å²) in [6, 6.07) is 7.06. The molecule has 256 valence electrons. The number of carbonyl (C=O) groups is 2. The van der Waals surface area contributed by atoms with Gasteiger partial charge in [0.2, 0.25) is 6.79 Å². The molecule has 2 aliphatic heterocycles. The number of hydrogen-bond donors (Lipinski definition) is 3. The molecule has 1 amide bonds. The van der Waals surface area contributed by atoms with E-state index in [1.165, 1.54) is 29.8 Å². The van der Waals surface area contributed by atoms with Crippen LogP contribution in [0.4, 0.5) is 25.0 Å². The maximum Gasteiger partial charge on any atom is 0.472 e. The van der Waals surface area contributed by atoms with Crippen LogP contribution in [0.2, 0.25) is 0 Å². The van der Waals surface area contributed by atoms with E-state index in [-0.39, 0.29) is 29.3 Å². The van der Waals surface area contributed by atoms with Crippen molar-refractivity contribution in [2.24, 2.45) is 5.92 Å². The zero-order valence-electron chi connectivity index (χ0n) is 26.2. The third kappa shape index (κ3) is 5.64. The van der Waals surface area contributed by atoms with Gasteiger partial charge in [-0.25, -0.2) is 27.5 Å². The lowest BCUT2D eigenvalue weighted by Gasteiger charge is -2.31. The van der Waals surface area contributed by atoms with Gasteiger partial charge in [-0.1, -0.05) is 6.07 Å². The molecule has 3 N–H and O–H groups in total. The average molecular weight is 698 g/mol. The van der Waals surface area contributed by atoms with E-state index in [9.17, 15) is 24.1 Å². The number of carboxylic acid groups (broad SMARTS) is 1. The molecule has 14 nitrogen and oxygen atoms in total. The number of carbonyl (C=O) groups excluding carboxylic acids is 1. The van der Waals surface area contributed by atoms with Gasteiger partial charge in [-0.3, -0.25) is 19.1 Å². The molecule has 17 heteroatoms. The monoisotopic (exact) mass is 697 g/mol. The summed E-state index contributed by atoms with van der Waals surface area (Å²) in [5.41, 5.74) is 1.76. The number of likely N-dealkylation sites (tertiary alicyclic amines) is 1. The molecule has 3 aromatic heterocycles. The molecule has 4 aromatic rings. The number of halogens is 2. The Kier molecular flexibility index (Phi) is 8.03. The minimum absolute atomic E-state index is 0.0159. The summed E-state index contributed by atoms with van der Waals surface area (Å²) in [6.45, 7) is 1.10. The van der Waals surface area contributed by atoms with Crippen molar-refractivity contribution >= 4 is 36.8 Å². The number of aromatic nitrogens is 2. The van der Waals surface area contributed by atoms with Gasteiger partial charge in [-0.15, -0.1) is 0 Å². The van der Waals surface area contributed by atoms with Crippen LogP contribution < -0.4 is 15.4 Å². The number of aromatic carboxylic acids is 1. The van der Waals surface area contributed by atoms with E-state index in [0.717, 1.165) is 30.5 Å².